The van der Waals surface area contributed by atoms with E-state index in [-0.39, 0.29) is 11.5 Å². The molecule has 0 radical (unpaired) electrons. The van der Waals surface area contributed by atoms with Crippen molar-refractivity contribution in [3.05, 3.63) is 102 Å². The second kappa shape index (κ2) is 6.84. The Balaban J connectivity index is 2.07. The number of rotatable bonds is 4. The smallest absolute Gasteiger partial charge is 0.123 e. The molecule has 2 nitrogen and oxygen atoms in total. The Morgan fingerprint density at radius 1 is 0.652 bits per heavy atom. The van der Waals surface area contributed by atoms with Gasteiger partial charge in [-0.3, -0.25) is 0 Å². The van der Waals surface area contributed by atoms with Crippen molar-refractivity contribution in [2.45, 2.75) is 6.42 Å². The molecule has 0 saturated heterocycles. The summed E-state index contributed by atoms with van der Waals surface area (Å²) in [5.74, 6) is 0.408. The maximum absolute atomic E-state index is 10.2. The molecular weight excluding hydrogens is 284 g/mol. The lowest BCUT2D eigenvalue weighted by atomic mass is 9.94. The van der Waals surface area contributed by atoms with Crippen LogP contribution in [0.1, 0.15) is 16.7 Å². The Morgan fingerprint density at radius 2 is 1.13 bits per heavy atom. The van der Waals surface area contributed by atoms with E-state index in [0.29, 0.717) is 11.1 Å². The van der Waals surface area contributed by atoms with Crippen LogP contribution in [-0.4, -0.2) is 10.2 Å². The van der Waals surface area contributed by atoms with E-state index in [9.17, 15) is 10.2 Å². The fraction of sp³-hybridized carbons (Fsp3) is 0.0476. The van der Waals surface area contributed by atoms with Crippen molar-refractivity contribution < 1.29 is 10.2 Å². The van der Waals surface area contributed by atoms with Gasteiger partial charge in [-0.25, -0.2) is 0 Å². The maximum Gasteiger partial charge on any atom is 0.123 e. The molecule has 0 atom stereocenters. The SMILES string of the molecule is Oc1ccccc1C(=CCc1ccccc1)c1ccccc1O. The van der Waals surface area contributed by atoms with Gasteiger partial charge in [0, 0.05) is 11.1 Å². The first kappa shape index (κ1) is 14.9. The van der Waals surface area contributed by atoms with E-state index < -0.39 is 0 Å². The summed E-state index contributed by atoms with van der Waals surface area (Å²) in [6, 6.07) is 24.5. The number of allylic oxidation sites excluding steroid dienone is 1. The van der Waals surface area contributed by atoms with Crippen molar-refractivity contribution in [1.82, 2.24) is 0 Å². The average molecular weight is 302 g/mol. The largest absolute Gasteiger partial charge is 0.507 e. The summed E-state index contributed by atoms with van der Waals surface area (Å²) in [4.78, 5) is 0. The van der Waals surface area contributed by atoms with Gasteiger partial charge < -0.3 is 10.2 Å². The van der Waals surface area contributed by atoms with Gasteiger partial charge in [0.05, 0.1) is 0 Å². The Hall–Kier alpha value is -3.00. The molecule has 2 N–H and O–H groups in total. The van der Waals surface area contributed by atoms with Crippen LogP contribution in [0.25, 0.3) is 5.57 Å². The third-order valence-corrected chi connectivity index (χ3v) is 3.77. The van der Waals surface area contributed by atoms with E-state index >= 15 is 0 Å². The molecule has 23 heavy (non-hydrogen) atoms. The Kier molecular flexibility index (Phi) is 4.44. The summed E-state index contributed by atoms with van der Waals surface area (Å²) >= 11 is 0. The Labute approximate surface area is 136 Å². The summed E-state index contributed by atoms with van der Waals surface area (Å²) < 4.78 is 0. The van der Waals surface area contributed by atoms with Gasteiger partial charge in [0.2, 0.25) is 0 Å². The normalized spacial score (nSPS) is 10.3. The molecule has 0 heterocycles. The van der Waals surface area contributed by atoms with Crippen molar-refractivity contribution in [3.63, 3.8) is 0 Å². The first-order valence-electron chi connectivity index (χ1n) is 7.56. The standard InChI is InChI=1S/C21H18O2/c22-20-12-6-4-10-18(20)17(19-11-5-7-13-21(19)23)15-14-16-8-2-1-3-9-16/h1-13,15,22-23H,14H2. The van der Waals surface area contributed by atoms with Crippen LogP contribution in [-0.2, 0) is 6.42 Å². The molecule has 3 aromatic rings. The maximum atomic E-state index is 10.2. The van der Waals surface area contributed by atoms with Crippen LogP contribution >= 0.6 is 0 Å². The van der Waals surface area contributed by atoms with E-state index in [1.54, 1.807) is 24.3 Å². The number of phenolic OH excluding ortho intramolecular Hbond substituents is 2. The molecule has 0 aliphatic heterocycles. The quantitative estimate of drug-likeness (QED) is 0.728. The van der Waals surface area contributed by atoms with Gasteiger partial charge in [-0.15, -0.1) is 0 Å². The highest BCUT2D eigenvalue weighted by atomic mass is 16.3. The number of benzene rings is 3. The highest BCUT2D eigenvalue weighted by Crippen LogP contribution is 2.34. The lowest BCUT2D eigenvalue weighted by Crippen LogP contribution is -1.91. The summed E-state index contributed by atoms with van der Waals surface area (Å²) in [6.45, 7) is 0. The topological polar surface area (TPSA) is 40.5 Å². The molecule has 0 saturated carbocycles. The molecule has 0 aliphatic rings. The first-order valence-corrected chi connectivity index (χ1v) is 7.56. The molecule has 0 bridgehead atoms. The van der Waals surface area contributed by atoms with E-state index in [4.69, 9.17) is 0 Å². The minimum Gasteiger partial charge on any atom is -0.507 e. The number of hydrogen-bond acceptors (Lipinski definition) is 2. The Morgan fingerprint density at radius 3 is 1.65 bits per heavy atom. The van der Waals surface area contributed by atoms with Crippen LogP contribution in [0.2, 0.25) is 0 Å². The summed E-state index contributed by atoms with van der Waals surface area (Å²) in [5, 5.41) is 20.4. The molecule has 3 rings (SSSR count). The molecular formula is C21H18O2. The highest BCUT2D eigenvalue weighted by Gasteiger charge is 2.12. The molecule has 0 aliphatic carbocycles. The zero-order valence-corrected chi connectivity index (χ0v) is 12.7. The molecule has 2 heteroatoms. The van der Waals surface area contributed by atoms with E-state index in [2.05, 4.69) is 12.1 Å². The molecule has 0 fully saturated rings. The Bertz CT molecular complexity index is 773. The molecule has 0 unspecified atom stereocenters. The second-order valence-corrected chi connectivity index (χ2v) is 5.34. The second-order valence-electron chi connectivity index (χ2n) is 5.34. The van der Waals surface area contributed by atoms with Gasteiger partial charge in [0.25, 0.3) is 0 Å². The minimum absolute atomic E-state index is 0.204. The fourth-order valence-corrected chi connectivity index (χ4v) is 2.60. The minimum atomic E-state index is 0.204. The van der Waals surface area contributed by atoms with Crippen LogP contribution in [0.15, 0.2) is 84.9 Å². The third kappa shape index (κ3) is 3.43. The van der Waals surface area contributed by atoms with Crippen molar-refractivity contribution in [2.75, 3.05) is 0 Å². The summed E-state index contributed by atoms with van der Waals surface area (Å²) in [6.07, 6.45) is 2.76. The van der Waals surface area contributed by atoms with Gasteiger partial charge in [-0.05, 0) is 29.7 Å². The zero-order valence-electron chi connectivity index (χ0n) is 12.7. The van der Waals surface area contributed by atoms with Crippen LogP contribution in [0.5, 0.6) is 11.5 Å². The van der Waals surface area contributed by atoms with Crippen LogP contribution in [0.3, 0.4) is 0 Å². The van der Waals surface area contributed by atoms with Gasteiger partial charge in [0.15, 0.2) is 0 Å². The van der Waals surface area contributed by atoms with Crippen LogP contribution in [0, 0.1) is 0 Å². The molecule has 0 amide bonds. The van der Waals surface area contributed by atoms with E-state index in [0.717, 1.165) is 12.0 Å². The van der Waals surface area contributed by atoms with Crippen molar-refractivity contribution >= 4 is 5.57 Å². The van der Waals surface area contributed by atoms with Crippen molar-refractivity contribution in [1.29, 1.82) is 0 Å². The molecule has 114 valence electrons. The molecule has 0 spiro atoms. The van der Waals surface area contributed by atoms with E-state index in [1.165, 1.54) is 5.56 Å². The highest BCUT2D eigenvalue weighted by molar-refractivity contribution is 5.85. The predicted molar refractivity (Wildman–Crippen MR) is 93.4 cm³/mol. The third-order valence-electron chi connectivity index (χ3n) is 3.77. The van der Waals surface area contributed by atoms with E-state index in [1.807, 2.05) is 48.5 Å². The van der Waals surface area contributed by atoms with Crippen LogP contribution < -0.4 is 0 Å². The first-order chi connectivity index (χ1) is 11.3. The average Bonchev–Trinajstić information content (AvgIpc) is 2.59. The van der Waals surface area contributed by atoms with Gasteiger partial charge in [0.1, 0.15) is 11.5 Å². The fourth-order valence-electron chi connectivity index (χ4n) is 2.60. The number of phenols is 2. The number of aromatic hydroxyl groups is 2. The lowest BCUT2D eigenvalue weighted by molar-refractivity contribution is 0.471. The van der Waals surface area contributed by atoms with Gasteiger partial charge in [-0.2, -0.15) is 0 Å². The van der Waals surface area contributed by atoms with Crippen molar-refractivity contribution in [3.8, 4) is 11.5 Å². The summed E-state index contributed by atoms with van der Waals surface area (Å²) in [7, 11) is 0. The van der Waals surface area contributed by atoms with Crippen LogP contribution in [0.4, 0.5) is 0 Å². The van der Waals surface area contributed by atoms with Gasteiger partial charge in [-0.1, -0.05) is 72.8 Å². The lowest BCUT2D eigenvalue weighted by Gasteiger charge is -2.12. The van der Waals surface area contributed by atoms with Crippen molar-refractivity contribution in [2.24, 2.45) is 0 Å². The monoisotopic (exact) mass is 302 g/mol. The number of hydrogen-bond donors (Lipinski definition) is 2. The molecule has 0 aromatic heterocycles. The van der Waals surface area contributed by atoms with Gasteiger partial charge >= 0.3 is 0 Å². The zero-order chi connectivity index (χ0) is 16.1. The number of para-hydroxylation sites is 2. The summed E-state index contributed by atoms with van der Waals surface area (Å²) in [5.41, 5.74) is 3.43. The predicted octanol–water partition coefficient (Wildman–Crippen LogP) is 4.77. The molecule has 3 aromatic carbocycles.